The summed E-state index contributed by atoms with van der Waals surface area (Å²) in [5, 5.41) is 0. The molecule has 0 heterocycles. The lowest BCUT2D eigenvalue weighted by molar-refractivity contribution is -0.119. The van der Waals surface area contributed by atoms with Crippen LogP contribution in [0.2, 0.25) is 0 Å². The summed E-state index contributed by atoms with van der Waals surface area (Å²) >= 11 is 0. The van der Waals surface area contributed by atoms with Crippen molar-refractivity contribution in [2.24, 2.45) is 5.41 Å². The third-order valence-electron chi connectivity index (χ3n) is 2.38. The molecule has 0 aromatic rings. The molecule has 1 aliphatic rings. The van der Waals surface area contributed by atoms with Crippen molar-refractivity contribution in [1.29, 1.82) is 0 Å². The van der Waals surface area contributed by atoms with Gasteiger partial charge in [0.05, 0.1) is 5.57 Å². The molecule has 0 atom stereocenters. The third kappa shape index (κ3) is 2.75. The van der Waals surface area contributed by atoms with Crippen LogP contribution in [0.15, 0.2) is 35.5 Å². The van der Waals surface area contributed by atoms with Crippen LogP contribution in [0.1, 0.15) is 27.7 Å². The first-order valence-corrected chi connectivity index (χ1v) is 4.98. The van der Waals surface area contributed by atoms with Gasteiger partial charge in [-0.3, -0.25) is 9.59 Å². The summed E-state index contributed by atoms with van der Waals surface area (Å²) in [7, 11) is 0. The van der Waals surface area contributed by atoms with Crippen LogP contribution in [0.4, 0.5) is 0 Å². The molecule has 0 aliphatic heterocycles. The van der Waals surface area contributed by atoms with E-state index in [1.165, 1.54) is 13.8 Å². The Balaban J connectivity index is 3.18. The maximum atomic E-state index is 11.3. The highest BCUT2D eigenvalue weighted by Gasteiger charge is 2.18. The smallest absolute Gasteiger partial charge is 0.163 e. The van der Waals surface area contributed by atoms with Crippen molar-refractivity contribution in [3.05, 3.63) is 35.5 Å². The first-order chi connectivity index (χ1) is 6.83. The Kier molecular flexibility index (Phi) is 3.08. The minimum absolute atomic E-state index is 0.00217. The molecule has 0 N–H and O–H groups in total. The molecule has 0 unspecified atom stereocenters. The van der Waals surface area contributed by atoms with Crippen molar-refractivity contribution < 1.29 is 9.59 Å². The molecule has 0 aromatic carbocycles. The molecule has 0 saturated heterocycles. The molecule has 2 heteroatoms. The van der Waals surface area contributed by atoms with Crippen molar-refractivity contribution in [1.82, 2.24) is 0 Å². The zero-order valence-corrected chi connectivity index (χ0v) is 9.63. The van der Waals surface area contributed by atoms with E-state index in [0.29, 0.717) is 5.57 Å². The van der Waals surface area contributed by atoms with Gasteiger partial charge in [0.25, 0.3) is 0 Å². The van der Waals surface area contributed by atoms with Crippen molar-refractivity contribution in [2.45, 2.75) is 27.7 Å². The zero-order valence-electron chi connectivity index (χ0n) is 9.63. The molecule has 0 saturated carbocycles. The number of rotatable bonds is 2. The van der Waals surface area contributed by atoms with E-state index in [1.807, 2.05) is 24.3 Å². The predicted molar refractivity (Wildman–Crippen MR) is 60.4 cm³/mol. The average Bonchev–Trinajstić information content (AvgIpc) is 2.07. The average molecular weight is 204 g/mol. The second-order valence-corrected chi connectivity index (χ2v) is 4.43. The second kappa shape index (κ2) is 3.97. The van der Waals surface area contributed by atoms with Crippen LogP contribution in [0.3, 0.4) is 0 Å². The SMILES string of the molecule is CC(=O)C(C(C)=O)=C1C=CC(C)(C)C=C1. The molecule has 80 valence electrons. The maximum Gasteiger partial charge on any atom is 0.163 e. The molecular formula is C13H16O2. The van der Waals surface area contributed by atoms with Gasteiger partial charge in [0.2, 0.25) is 0 Å². The number of carbonyl (C=O) groups is 2. The largest absolute Gasteiger partial charge is 0.294 e. The predicted octanol–water partition coefficient (Wildman–Crippen LogP) is 2.61. The van der Waals surface area contributed by atoms with Crippen LogP contribution in [0, 0.1) is 5.41 Å². The van der Waals surface area contributed by atoms with Gasteiger partial charge in [-0.25, -0.2) is 0 Å². The number of allylic oxidation sites excluding steroid dienone is 6. The van der Waals surface area contributed by atoms with E-state index in [9.17, 15) is 9.59 Å². The topological polar surface area (TPSA) is 34.1 Å². The Labute approximate surface area is 90.4 Å². The number of Topliss-reactive ketones (excluding diaryl/α,β-unsaturated/α-hetero) is 2. The van der Waals surface area contributed by atoms with Crippen LogP contribution in [0.5, 0.6) is 0 Å². The van der Waals surface area contributed by atoms with E-state index >= 15 is 0 Å². The van der Waals surface area contributed by atoms with Gasteiger partial charge in [-0.05, 0) is 19.4 Å². The van der Waals surface area contributed by atoms with Gasteiger partial charge < -0.3 is 0 Å². The number of ketones is 2. The molecule has 0 fully saturated rings. The van der Waals surface area contributed by atoms with Crippen LogP contribution >= 0.6 is 0 Å². The van der Waals surface area contributed by atoms with Gasteiger partial charge in [0.1, 0.15) is 0 Å². The summed E-state index contributed by atoms with van der Waals surface area (Å²) in [5.74, 6) is -0.349. The Bertz CT molecular complexity index is 359. The van der Waals surface area contributed by atoms with E-state index in [0.717, 1.165) is 0 Å². The molecule has 1 rings (SSSR count). The molecule has 0 amide bonds. The maximum absolute atomic E-state index is 11.3. The van der Waals surface area contributed by atoms with Crippen LogP contribution in [-0.4, -0.2) is 11.6 Å². The van der Waals surface area contributed by atoms with Gasteiger partial charge in [-0.1, -0.05) is 38.2 Å². The van der Waals surface area contributed by atoms with E-state index in [4.69, 9.17) is 0 Å². The highest BCUT2D eigenvalue weighted by Crippen LogP contribution is 2.27. The Hall–Kier alpha value is -1.44. The first-order valence-electron chi connectivity index (χ1n) is 4.98. The van der Waals surface area contributed by atoms with Gasteiger partial charge in [-0.2, -0.15) is 0 Å². The molecular weight excluding hydrogens is 188 g/mol. The fourth-order valence-electron chi connectivity index (χ4n) is 1.54. The standard InChI is InChI=1S/C13H16O2/c1-9(14)12(10(2)15)11-5-7-13(3,4)8-6-11/h5-8H,1-4H3. The van der Waals surface area contributed by atoms with Crippen molar-refractivity contribution in [3.63, 3.8) is 0 Å². The lowest BCUT2D eigenvalue weighted by atomic mass is 9.85. The van der Waals surface area contributed by atoms with E-state index < -0.39 is 0 Å². The Morgan fingerprint density at radius 3 is 1.73 bits per heavy atom. The monoisotopic (exact) mass is 204 g/mol. The third-order valence-corrected chi connectivity index (χ3v) is 2.38. The molecule has 1 aliphatic carbocycles. The van der Waals surface area contributed by atoms with E-state index in [1.54, 1.807) is 0 Å². The van der Waals surface area contributed by atoms with Crippen molar-refractivity contribution in [3.8, 4) is 0 Å². The van der Waals surface area contributed by atoms with Crippen LogP contribution in [-0.2, 0) is 9.59 Å². The highest BCUT2D eigenvalue weighted by molar-refractivity contribution is 6.19. The molecule has 2 nitrogen and oxygen atoms in total. The normalized spacial score (nSPS) is 17.7. The summed E-state index contributed by atoms with van der Waals surface area (Å²) < 4.78 is 0. The molecule has 0 radical (unpaired) electrons. The van der Waals surface area contributed by atoms with Crippen molar-refractivity contribution in [2.75, 3.05) is 0 Å². The summed E-state index contributed by atoms with van der Waals surface area (Å²) in [5.41, 5.74) is 1.01. The van der Waals surface area contributed by atoms with E-state index in [2.05, 4.69) is 13.8 Å². The first kappa shape index (κ1) is 11.6. The van der Waals surface area contributed by atoms with Gasteiger partial charge in [0.15, 0.2) is 11.6 Å². The van der Waals surface area contributed by atoms with Crippen LogP contribution < -0.4 is 0 Å². The van der Waals surface area contributed by atoms with Crippen molar-refractivity contribution >= 4 is 11.6 Å². The summed E-state index contributed by atoms with van der Waals surface area (Å²) in [6.07, 6.45) is 7.68. The number of hydrogen-bond acceptors (Lipinski definition) is 2. The summed E-state index contributed by atoms with van der Waals surface area (Å²) in [6.45, 7) is 6.98. The summed E-state index contributed by atoms with van der Waals surface area (Å²) in [4.78, 5) is 22.6. The fourth-order valence-corrected chi connectivity index (χ4v) is 1.54. The molecule has 0 spiro atoms. The summed E-state index contributed by atoms with van der Waals surface area (Å²) in [6, 6.07) is 0. The van der Waals surface area contributed by atoms with Gasteiger partial charge in [-0.15, -0.1) is 0 Å². The zero-order chi connectivity index (χ0) is 11.6. The lowest BCUT2D eigenvalue weighted by Gasteiger charge is -2.19. The minimum Gasteiger partial charge on any atom is -0.294 e. The Morgan fingerprint density at radius 1 is 1.00 bits per heavy atom. The number of carbonyl (C=O) groups excluding carboxylic acids is 2. The number of hydrogen-bond donors (Lipinski definition) is 0. The molecule has 0 aromatic heterocycles. The van der Waals surface area contributed by atoms with E-state index in [-0.39, 0.29) is 22.6 Å². The van der Waals surface area contributed by atoms with Gasteiger partial charge in [0, 0.05) is 5.41 Å². The minimum atomic E-state index is -0.175. The second-order valence-electron chi connectivity index (χ2n) is 4.43. The molecule has 0 bridgehead atoms. The molecule has 15 heavy (non-hydrogen) atoms. The van der Waals surface area contributed by atoms with Crippen LogP contribution in [0.25, 0.3) is 0 Å². The fraction of sp³-hybridized carbons (Fsp3) is 0.385. The lowest BCUT2D eigenvalue weighted by Crippen LogP contribution is -2.12. The highest BCUT2D eigenvalue weighted by atomic mass is 16.1. The Morgan fingerprint density at radius 2 is 1.40 bits per heavy atom. The quantitative estimate of drug-likeness (QED) is 0.393. The van der Waals surface area contributed by atoms with Gasteiger partial charge >= 0.3 is 0 Å².